The Morgan fingerprint density at radius 3 is 2.32 bits per heavy atom. The molecule has 19 heavy (non-hydrogen) atoms. The normalized spacial score (nSPS) is 21.1. The summed E-state index contributed by atoms with van der Waals surface area (Å²) in [6.07, 6.45) is 0.968. The van der Waals surface area contributed by atoms with Crippen LogP contribution in [-0.2, 0) is 9.59 Å². The molecule has 0 aliphatic heterocycles. The number of hydrogen-bond donors (Lipinski definition) is 2. The third kappa shape index (κ3) is 3.56. The van der Waals surface area contributed by atoms with Crippen molar-refractivity contribution in [1.82, 2.24) is 0 Å². The summed E-state index contributed by atoms with van der Waals surface area (Å²) in [4.78, 5) is 23.4. The standard InChI is InChI=1S/C15H20N2O2/c1-9(2)14(18)16-11-5-4-6-12(8-11)17-15(19)13-7-10(13)3/h4-6,8-10,13H,7H2,1-3H3,(H,16,18)(H,17,19). The molecule has 4 heteroatoms. The van der Waals surface area contributed by atoms with E-state index in [1.807, 2.05) is 32.0 Å². The molecule has 2 unspecified atom stereocenters. The number of carbonyl (C=O) groups excluding carboxylic acids is 2. The molecule has 2 amide bonds. The molecule has 1 fully saturated rings. The maximum atomic E-state index is 11.8. The third-order valence-electron chi connectivity index (χ3n) is 3.37. The van der Waals surface area contributed by atoms with Crippen LogP contribution in [0.5, 0.6) is 0 Å². The minimum Gasteiger partial charge on any atom is -0.326 e. The van der Waals surface area contributed by atoms with E-state index in [1.54, 1.807) is 6.07 Å². The minimum atomic E-state index is -0.0643. The Balaban J connectivity index is 1.99. The van der Waals surface area contributed by atoms with Crippen LogP contribution in [0.25, 0.3) is 0 Å². The highest BCUT2D eigenvalue weighted by molar-refractivity contribution is 5.96. The first-order valence-electron chi connectivity index (χ1n) is 6.69. The van der Waals surface area contributed by atoms with Crippen LogP contribution >= 0.6 is 0 Å². The average Bonchev–Trinajstić information content (AvgIpc) is 3.07. The summed E-state index contributed by atoms with van der Waals surface area (Å²) >= 11 is 0. The highest BCUT2D eigenvalue weighted by atomic mass is 16.2. The van der Waals surface area contributed by atoms with Crippen molar-refractivity contribution in [2.75, 3.05) is 10.6 Å². The van der Waals surface area contributed by atoms with Crippen LogP contribution in [0, 0.1) is 17.8 Å². The number of anilines is 2. The lowest BCUT2D eigenvalue weighted by molar-refractivity contribution is -0.119. The molecular weight excluding hydrogens is 240 g/mol. The van der Waals surface area contributed by atoms with E-state index in [1.165, 1.54) is 0 Å². The van der Waals surface area contributed by atoms with Crippen LogP contribution in [0.4, 0.5) is 11.4 Å². The van der Waals surface area contributed by atoms with Crippen LogP contribution in [0.1, 0.15) is 27.2 Å². The van der Waals surface area contributed by atoms with Gasteiger partial charge in [0.2, 0.25) is 11.8 Å². The Morgan fingerprint density at radius 2 is 1.79 bits per heavy atom. The van der Waals surface area contributed by atoms with Crippen molar-refractivity contribution in [3.63, 3.8) is 0 Å². The van der Waals surface area contributed by atoms with Crippen molar-refractivity contribution in [1.29, 1.82) is 0 Å². The van der Waals surface area contributed by atoms with Gasteiger partial charge in [-0.15, -0.1) is 0 Å². The Bertz CT molecular complexity index is 497. The quantitative estimate of drug-likeness (QED) is 0.874. The van der Waals surface area contributed by atoms with E-state index in [4.69, 9.17) is 0 Å². The molecule has 0 aromatic heterocycles. The Morgan fingerprint density at radius 1 is 1.21 bits per heavy atom. The molecule has 1 aliphatic rings. The Kier molecular flexibility index (Phi) is 3.88. The number of hydrogen-bond acceptors (Lipinski definition) is 2. The van der Waals surface area contributed by atoms with E-state index in [2.05, 4.69) is 17.6 Å². The van der Waals surface area contributed by atoms with Crippen LogP contribution in [0.3, 0.4) is 0 Å². The summed E-state index contributed by atoms with van der Waals surface area (Å²) in [6, 6.07) is 7.25. The number of nitrogens with one attached hydrogen (secondary N) is 2. The maximum Gasteiger partial charge on any atom is 0.227 e. The zero-order chi connectivity index (χ0) is 14.0. The van der Waals surface area contributed by atoms with E-state index in [-0.39, 0.29) is 23.7 Å². The van der Waals surface area contributed by atoms with Gasteiger partial charge in [-0.25, -0.2) is 0 Å². The molecule has 0 heterocycles. The minimum absolute atomic E-state index is 0.0284. The lowest BCUT2D eigenvalue weighted by Crippen LogP contribution is -2.18. The van der Waals surface area contributed by atoms with Crippen LogP contribution in [0.15, 0.2) is 24.3 Å². The predicted molar refractivity (Wildman–Crippen MR) is 75.8 cm³/mol. The van der Waals surface area contributed by atoms with Gasteiger partial charge in [0.05, 0.1) is 0 Å². The number of amides is 2. The van der Waals surface area contributed by atoms with Crippen molar-refractivity contribution in [2.24, 2.45) is 17.8 Å². The first kappa shape index (κ1) is 13.6. The van der Waals surface area contributed by atoms with Crippen LogP contribution in [0.2, 0.25) is 0 Å². The lowest BCUT2D eigenvalue weighted by Gasteiger charge is -2.10. The molecule has 0 bridgehead atoms. The second-order valence-electron chi connectivity index (χ2n) is 5.53. The van der Waals surface area contributed by atoms with E-state index in [0.717, 1.165) is 12.1 Å². The highest BCUT2D eigenvalue weighted by Gasteiger charge is 2.39. The smallest absolute Gasteiger partial charge is 0.227 e. The second-order valence-corrected chi connectivity index (χ2v) is 5.53. The molecule has 2 atom stereocenters. The molecule has 2 N–H and O–H groups in total. The largest absolute Gasteiger partial charge is 0.326 e. The zero-order valence-corrected chi connectivity index (χ0v) is 11.6. The average molecular weight is 260 g/mol. The molecule has 4 nitrogen and oxygen atoms in total. The van der Waals surface area contributed by atoms with Gasteiger partial charge in [-0.3, -0.25) is 9.59 Å². The molecule has 1 aliphatic carbocycles. The fourth-order valence-electron chi connectivity index (χ4n) is 1.88. The first-order chi connectivity index (χ1) is 8.97. The molecule has 0 radical (unpaired) electrons. The van der Waals surface area contributed by atoms with Crippen molar-refractivity contribution < 1.29 is 9.59 Å². The van der Waals surface area contributed by atoms with Crippen LogP contribution < -0.4 is 10.6 Å². The Hall–Kier alpha value is -1.84. The van der Waals surface area contributed by atoms with E-state index >= 15 is 0 Å². The SMILES string of the molecule is CC(C)C(=O)Nc1cccc(NC(=O)C2CC2C)c1. The van der Waals surface area contributed by atoms with E-state index < -0.39 is 0 Å². The van der Waals surface area contributed by atoms with E-state index in [9.17, 15) is 9.59 Å². The van der Waals surface area contributed by atoms with Gasteiger partial charge in [-0.05, 0) is 30.5 Å². The summed E-state index contributed by atoms with van der Waals surface area (Å²) in [5.41, 5.74) is 1.44. The van der Waals surface area contributed by atoms with Gasteiger partial charge >= 0.3 is 0 Å². The van der Waals surface area contributed by atoms with E-state index in [0.29, 0.717) is 11.6 Å². The van der Waals surface area contributed by atoms with Gasteiger partial charge < -0.3 is 10.6 Å². The second kappa shape index (κ2) is 5.43. The predicted octanol–water partition coefficient (Wildman–Crippen LogP) is 2.88. The summed E-state index contributed by atoms with van der Waals surface area (Å²) in [6.45, 7) is 5.76. The van der Waals surface area contributed by atoms with Crippen LogP contribution in [-0.4, -0.2) is 11.8 Å². The summed E-state index contributed by atoms with van der Waals surface area (Å²) < 4.78 is 0. The van der Waals surface area contributed by atoms with Crippen molar-refractivity contribution >= 4 is 23.2 Å². The topological polar surface area (TPSA) is 58.2 Å². The molecule has 102 valence electrons. The number of carbonyl (C=O) groups is 2. The number of benzene rings is 1. The molecule has 1 aromatic carbocycles. The van der Waals surface area contributed by atoms with Gasteiger partial charge in [-0.1, -0.05) is 26.8 Å². The molecule has 1 saturated carbocycles. The number of rotatable bonds is 4. The van der Waals surface area contributed by atoms with Gasteiger partial charge in [0.1, 0.15) is 0 Å². The van der Waals surface area contributed by atoms with Gasteiger partial charge in [0.25, 0.3) is 0 Å². The monoisotopic (exact) mass is 260 g/mol. The first-order valence-corrected chi connectivity index (χ1v) is 6.69. The van der Waals surface area contributed by atoms with Gasteiger partial charge in [0, 0.05) is 23.2 Å². The van der Waals surface area contributed by atoms with Gasteiger partial charge in [-0.2, -0.15) is 0 Å². The lowest BCUT2D eigenvalue weighted by atomic mass is 10.2. The highest BCUT2D eigenvalue weighted by Crippen LogP contribution is 2.38. The maximum absolute atomic E-state index is 11.8. The molecule has 1 aromatic rings. The van der Waals surface area contributed by atoms with Gasteiger partial charge in [0.15, 0.2) is 0 Å². The fraction of sp³-hybridized carbons (Fsp3) is 0.467. The van der Waals surface area contributed by atoms with Crippen molar-refractivity contribution in [3.8, 4) is 0 Å². The molecular formula is C15H20N2O2. The summed E-state index contributed by atoms with van der Waals surface area (Å²) in [7, 11) is 0. The summed E-state index contributed by atoms with van der Waals surface area (Å²) in [5.74, 6) is 0.613. The summed E-state index contributed by atoms with van der Waals surface area (Å²) in [5, 5.41) is 5.71. The molecule has 0 spiro atoms. The fourth-order valence-corrected chi connectivity index (χ4v) is 1.88. The zero-order valence-electron chi connectivity index (χ0n) is 11.6. The Labute approximate surface area is 113 Å². The van der Waals surface area contributed by atoms with Crippen molar-refractivity contribution in [3.05, 3.63) is 24.3 Å². The third-order valence-corrected chi connectivity index (χ3v) is 3.37. The van der Waals surface area contributed by atoms with Crippen molar-refractivity contribution in [2.45, 2.75) is 27.2 Å². The molecule has 2 rings (SSSR count). The molecule has 0 saturated heterocycles.